The second-order valence-corrected chi connectivity index (χ2v) is 12.8. The van der Waals surface area contributed by atoms with Crippen LogP contribution in [0.2, 0.25) is 0 Å². The quantitative estimate of drug-likeness (QED) is 0.483. The molecule has 3 aliphatic rings. The van der Waals surface area contributed by atoms with Crippen molar-refractivity contribution in [2.24, 2.45) is 5.92 Å². The van der Waals surface area contributed by atoms with Crippen molar-refractivity contribution >= 4 is 27.4 Å². The largest absolute Gasteiger partial charge is 0.481 e. The van der Waals surface area contributed by atoms with Gasteiger partial charge in [0.1, 0.15) is 11.6 Å². The Morgan fingerprint density at radius 2 is 1.81 bits per heavy atom. The number of ketones is 2. The van der Waals surface area contributed by atoms with E-state index in [1.807, 2.05) is 6.07 Å². The van der Waals surface area contributed by atoms with Crippen LogP contribution in [0.5, 0.6) is 0 Å². The third kappa shape index (κ3) is 5.59. The molecule has 0 saturated heterocycles. The molecule has 1 N–H and O–H groups in total. The maximum absolute atomic E-state index is 13.6. The molecule has 0 spiro atoms. The molecule has 3 saturated carbocycles. The van der Waals surface area contributed by atoms with Crippen molar-refractivity contribution in [1.29, 1.82) is 0 Å². The van der Waals surface area contributed by atoms with Gasteiger partial charge in [0, 0.05) is 37.1 Å². The smallest absolute Gasteiger partial charge is 0.307 e. The van der Waals surface area contributed by atoms with Crippen LogP contribution >= 0.6 is 0 Å². The lowest BCUT2D eigenvalue weighted by atomic mass is 9.83. The van der Waals surface area contributed by atoms with E-state index < -0.39 is 21.7 Å². The molecule has 0 amide bonds. The van der Waals surface area contributed by atoms with Crippen LogP contribution in [0.25, 0.3) is 0 Å². The van der Waals surface area contributed by atoms with Crippen molar-refractivity contribution in [2.45, 2.75) is 86.2 Å². The Kier molecular flexibility index (Phi) is 6.81. The third-order valence-corrected chi connectivity index (χ3v) is 9.96. The highest BCUT2D eigenvalue weighted by Gasteiger charge is 2.41. The summed E-state index contributed by atoms with van der Waals surface area (Å²) in [6.45, 7) is 0. The number of rotatable bonds is 11. The molecule has 7 nitrogen and oxygen atoms in total. The fourth-order valence-electron chi connectivity index (χ4n) is 5.33. The highest BCUT2D eigenvalue weighted by molar-refractivity contribution is 7.92. The van der Waals surface area contributed by atoms with E-state index in [4.69, 9.17) is 5.11 Å². The number of Topliss-reactive ketones (excluding diaryl/α,β-unsaturated/α-hetero) is 2. The van der Waals surface area contributed by atoms with Crippen LogP contribution in [0.3, 0.4) is 0 Å². The predicted molar refractivity (Wildman–Crippen MR) is 133 cm³/mol. The summed E-state index contributed by atoms with van der Waals surface area (Å²) in [5, 5.41) is 8.68. The summed E-state index contributed by atoms with van der Waals surface area (Å²) in [5.74, 6) is -0.821. The first-order chi connectivity index (χ1) is 17.2. The topological polar surface area (TPSA) is 118 Å². The number of aliphatic carboxylic acids is 1. The van der Waals surface area contributed by atoms with Gasteiger partial charge >= 0.3 is 5.97 Å². The maximum atomic E-state index is 13.6. The Hall–Kier alpha value is -2.87. The van der Waals surface area contributed by atoms with E-state index in [1.54, 1.807) is 24.3 Å². The third-order valence-electron chi connectivity index (χ3n) is 7.63. The fraction of sp³-hybridized carbons (Fsp3) is 0.500. The second kappa shape index (κ2) is 9.88. The summed E-state index contributed by atoms with van der Waals surface area (Å²) in [4.78, 5) is 41.2. The molecule has 3 fully saturated rings. The number of carbonyl (C=O) groups excluding carboxylic acids is 2. The van der Waals surface area contributed by atoms with Gasteiger partial charge < -0.3 is 5.11 Å². The molecule has 2 atom stereocenters. The van der Waals surface area contributed by atoms with Gasteiger partial charge in [-0.15, -0.1) is 0 Å². The number of carboxylic acid groups (broad SMARTS) is 1. The second-order valence-electron chi connectivity index (χ2n) is 10.6. The Morgan fingerprint density at radius 3 is 2.39 bits per heavy atom. The minimum absolute atomic E-state index is 0.0209. The number of carboxylic acids is 1. The van der Waals surface area contributed by atoms with Crippen molar-refractivity contribution in [3.8, 4) is 0 Å². The summed E-state index contributed by atoms with van der Waals surface area (Å²) >= 11 is 0. The molecule has 1 aromatic heterocycles. The number of nitrogens with zero attached hydrogens (tertiary/aromatic N) is 1. The SMILES string of the molecule is O=C(O)Cc1ccc(CC(=O)[C@H](C[C@H]2CCC(=O)C2)c2ccc(S(=O)(=O)C3CC3)c(C3CC3)c2)nc1. The van der Waals surface area contributed by atoms with Crippen molar-refractivity contribution in [1.82, 2.24) is 4.98 Å². The summed E-state index contributed by atoms with van der Waals surface area (Å²) in [6.07, 6.45) is 7.16. The zero-order valence-corrected chi connectivity index (χ0v) is 21.0. The zero-order chi connectivity index (χ0) is 25.4. The number of benzene rings is 1. The molecule has 0 radical (unpaired) electrons. The lowest BCUT2D eigenvalue weighted by molar-refractivity contribution is -0.136. The van der Waals surface area contributed by atoms with Crippen LogP contribution in [0.15, 0.2) is 41.4 Å². The predicted octanol–water partition coefficient (Wildman–Crippen LogP) is 4.18. The molecular weight excluding hydrogens is 478 g/mol. The van der Waals surface area contributed by atoms with E-state index in [1.165, 1.54) is 6.20 Å². The Bertz CT molecular complexity index is 1290. The Morgan fingerprint density at radius 1 is 1.03 bits per heavy atom. The van der Waals surface area contributed by atoms with E-state index >= 15 is 0 Å². The molecule has 0 aliphatic heterocycles. The number of hydrogen-bond acceptors (Lipinski definition) is 6. The minimum Gasteiger partial charge on any atom is -0.481 e. The van der Waals surface area contributed by atoms with E-state index in [0.29, 0.717) is 48.3 Å². The summed E-state index contributed by atoms with van der Waals surface area (Å²) in [6, 6.07) is 8.81. The van der Waals surface area contributed by atoms with Crippen molar-refractivity contribution in [3.63, 3.8) is 0 Å². The van der Waals surface area contributed by atoms with Crippen LogP contribution in [-0.2, 0) is 37.1 Å². The molecule has 1 aromatic carbocycles. The zero-order valence-electron chi connectivity index (χ0n) is 20.2. The monoisotopic (exact) mass is 509 g/mol. The molecule has 190 valence electrons. The number of carbonyl (C=O) groups is 3. The Balaban J connectivity index is 1.43. The average Bonchev–Trinajstić information content (AvgIpc) is 3.75. The average molecular weight is 510 g/mol. The van der Waals surface area contributed by atoms with E-state index in [9.17, 15) is 22.8 Å². The minimum atomic E-state index is -3.34. The van der Waals surface area contributed by atoms with Gasteiger partial charge in [-0.2, -0.15) is 0 Å². The standard InChI is InChI=1S/C28H31NO6S/c30-22-7-2-17(11-22)12-24(26(31)15-21-6-1-18(16-29-21)13-28(32)33)20-5-10-27(25(14-20)19-3-4-19)36(34,35)23-8-9-23/h1,5-6,10,14,16-17,19,23-24H,2-4,7-9,11-13,15H2,(H,32,33)/t17-,24+/m0/s1. The first-order valence-electron chi connectivity index (χ1n) is 12.8. The number of pyridine rings is 1. The summed E-state index contributed by atoms with van der Waals surface area (Å²) in [5.41, 5.74) is 2.80. The lowest BCUT2D eigenvalue weighted by Crippen LogP contribution is -2.20. The van der Waals surface area contributed by atoms with E-state index in [-0.39, 0.29) is 41.5 Å². The van der Waals surface area contributed by atoms with Gasteiger partial charge in [-0.25, -0.2) is 8.42 Å². The first-order valence-corrected chi connectivity index (χ1v) is 14.3. The van der Waals surface area contributed by atoms with Crippen LogP contribution in [0.4, 0.5) is 0 Å². The van der Waals surface area contributed by atoms with Crippen molar-refractivity contribution in [3.05, 3.63) is 58.9 Å². The van der Waals surface area contributed by atoms with Crippen molar-refractivity contribution in [2.75, 3.05) is 0 Å². The normalized spacial score (nSPS) is 20.9. The van der Waals surface area contributed by atoms with Gasteiger partial charge in [-0.1, -0.05) is 18.2 Å². The van der Waals surface area contributed by atoms with Crippen LogP contribution in [0.1, 0.15) is 85.6 Å². The van der Waals surface area contributed by atoms with Crippen LogP contribution < -0.4 is 0 Å². The van der Waals surface area contributed by atoms with Gasteiger partial charge in [-0.3, -0.25) is 19.4 Å². The van der Waals surface area contributed by atoms with E-state index in [0.717, 1.165) is 30.4 Å². The van der Waals surface area contributed by atoms with Gasteiger partial charge in [0.25, 0.3) is 0 Å². The van der Waals surface area contributed by atoms with Gasteiger partial charge in [-0.05, 0) is 79.2 Å². The van der Waals surface area contributed by atoms with E-state index in [2.05, 4.69) is 4.98 Å². The fourth-order valence-corrected chi connectivity index (χ4v) is 7.26. The molecule has 0 bridgehead atoms. The first kappa shape index (κ1) is 24.8. The maximum Gasteiger partial charge on any atom is 0.307 e. The number of hydrogen-bond donors (Lipinski definition) is 1. The van der Waals surface area contributed by atoms with Gasteiger partial charge in [0.05, 0.1) is 16.6 Å². The molecule has 2 aromatic rings. The molecule has 1 heterocycles. The summed E-state index contributed by atoms with van der Waals surface area (Å²) < 4.78 is 26.1. The molecule has 36 heavy (non-hydrogen) atoms. The number of sulfone groups is 1. The molecule has 5 rings (SSSR count). The molecule has 3 aliphatic carbocycles. The van der Waals surface area contributed by atoms with Gasteiger partial charge in [0.2, 0.25) is 0 Å². The summed E-state index contributed by atoms with van der Waals surface area (Å²) in [7, 11) is -3.34. The highest BCUT2D eigenvalue weighted by Crippen LogP contribution is 2.47. The van der Waals surface area contributed by atoms with Crippen LogP contribution in [0, 0.1) is 5.92 Å². The Labute approximate surface area is 211 Å². The lowest BCUT2D eigenvalue weighted by Gasteiger charge is -2.22. The van der Waals surface area contributed by atoms with Crippen LogP contribution in [-0.4, -0.2) is 41.3 Å². The molecule has 0 unspecified atom stereocenters. The molecular formula is C28H31NO6S. The van der Waals surface area contributed by atoms with Crippen molar-refractivity contribution < 1.29 is 27.9 Å². The van der Waals surface area contributed by atoms with Gasteiger partial charge in [0.15, 0.2) is 9.84 Å². The number of aromatic nitrogens is 1. The highest BCUT2D eigenvalue weighted by atomic mass is 32.2. The molecule has 8 heteroatoms.